The minimum atomic E-state index is -3.08. The summed E-state index contributed by atoms with van der Waals surface area (Å²) in [6.07, 6.45) is 7.02. The maximum atomic E-state index is 11.8. The molecule has 1 aliphatic heterocycles. The van der Waals surface area contributed by atoms with Crippen LogP contribution in [0.1, 0.15) is 38.5 Å². The maximum Gasteiger partial charge on any atom is 0.211 e. The third kappa shape index (κ3) is 6.70. The molecule has 2 rings (SSSR count). The fourth-order valence-electron chi connectivity index (χ4n) is 2.47. The molecule has 0 radical (unpaired) electrons. The van der Waals surface area contributed by atoms with Crippen LogP contribution in [0.3, 0.4) is 0 Å². The van der Waals surface area contributed by atoms with Gasteiger partial charge in [-0.25, -0.2) is 13.1 Å². The number of hydrogen-bond donors (Lipinski definition) is 2. The van der Waals surface area contributed by atoms with Gasteiger partial charge in [-0.2, -0.15) is 0 Å². The molecule has 1 saturated carbocycles. The van der Waals surface area contributed by atoms with Gasteiger partial charge in [-0.05, 0) is 51.7 Å². The van der Waals surface area contributed by atoms with E-state index in [9.17, 15) is 8.42 Å². The molecule has 2 aliphatic rings. The van der Waals surface area contributed by atoms with Crippen LogP contribution in [0.15, 0.2) is 0 Å². The van der Waals surface area contributed by atoms with Gasteiger partial charge in [0, 0.05) is 19.1 Å². The molecule has 1 aliphatic carbocycles. The van der Waals surface area contributed by atoms with Gasteiger partial charge in [-0.15, -0.1) is 0 Å². The van der Waals surface area contributed by atoms with E-state index < -0.39 is 10.0 Å². The molecule has 2 N–H and O–H groups in total. The molecular formula is C13H27N3O2S. The highest BCUT2D eigenvalue weighted by Gasteiger charge is 2.20. The molecule has 2 fully saturated rings. The van der Waals surface area contributed by atoms with Gasteiger partial charge in [0.15, 0.2) is 0 Å². The van der Waals surface area contributed by atoms with E-state index in [1.165, 1.54) is 32.1 Å². The molecule has 0 aromatic heterocycles. The normalized spacial score (nSPS) is 21.7. The van der Waals surface area contributed by atoms with Crippen molar-refractivity contribution in [2.24, 2.45) is 0 Å². The number of likely N-dealkylation sites (tertiary alicyclic amines) is 1. The predicted molar refractivity (Wildman–Crippen MR) is 77.7 cm³/mol. The molecular weight excluding hydrogens is 262 g/mol. The lowest BCUT2D eigenvalue weighted by molar-refractivity contribution is 0.233. The van der Waals surface area contributed by atoms with E-state index in [1.807, 2.05) is 0 Å². The lowest BCUT2D eigenvalue weighted by atomic mass is 10.1. The number of piperidine rings is 1. The summed E-state index contributed by atoms with van der Waals surface area (Å²) in [6.45, 7) is 4.45. The molecule has 19 heavy (non-hydrogen) atoms. The van der Waals surface area contributed by atoms with E-state index in [1.54, 1.807) is 0 Å². The van der Waals surface area contributed by atoms with Crippen molar-refractivity contribution in [2.75, 3.05) is 38.5 Å². The standard InChI is InChI=1S/C13H27N3O2S/c17-19(18,12-4-7-14-13-5-6-13)15-8-11-16-9-2-1-3-10-16/h13-15H,1-12H2. The number of rotatable bonds is 9. The summed E-state index contributed by atoms with van der Waals surface area (Å²) in [6, 6.07) is 0.662. The first-order chi connectivity index (χ1) is 9.16. The highest BCUT2D eigenvalue weighted by Crippen LogP contribution is 2.18. The minimum Gasteiger partial charge on any atom is -0.314 e. The summed E-state index contributed by atoms with van der Waals surface area (Å²) in [7, 11) is -3.08. The Morgan fingerprint density at radius 3 is 2.47 bits per heavy atom. The first-order valence-electron chi connectivity index (χ1n) is 7.59. The van der Waals surface area contributed by atoms with Crippen molar-refractivity contribution in [1.82, 2.24) is 14.9 Å². The van der Waals surface area contributed by atoms with Crippen LogP contribution in [0.25, 0.3) is 0 Å². The number of hydrogen-bond acceptors (Lipinski definition) is 4. The average Bonchev–Trinajstić information content (AvgIpc) is 3.20. The Labute approximate surface area is 117 Å². The van der Waals surface area contributed by atoms with Gasteiger partial charge in [0.2, 0.25) is 10.0 Å². The largest absolute Gasteiger partial charge is 0.314 e. The van der Waals surface area contributed by atoms with E-state index in [0.717, 1.165) is 26.2 Å². The Bertz CT molecular complexity index is 349. The summed E-state index contributed by atoms with van der Waals surface area (Å²) in [5.41, 5.74) is 0. The van der Waals surface area contributed by atoms with Crippen molar-refractivity contribution in [3.63, 3.8) is 0 Å². The molecule has 0 spiro atoms. The zero-order valence-corrected chi connectivity index (χ0v) is 12.6. The van der Waals surface area contributed by atoms with Crippen LogP contribution in [-0.4, -0.2) is 57.8 Å². The molecule has 0 amide bonds. The SMILES string of the molecule is O=S(=O)(CCCNC1CC1)NCCN1CCCCC1. The van der Waals surface area contributed by atoms with Gasteiger partial charge in [0.25, 0.3) is 0 Å². The Balaban J connectivity index is 1.51. The third-order valence-corrected chi connectivity index (χ3v) is 5.27. The predicted octanol–water partition coefficient (Wildman–Crippen LogP) is 0.534. The maximum absolute atomic E-state index is 11.8. The molecule has 0 aromatic carbocycles. The second-order valence-corrected chi connectivity index (χ2v) is 7.62. The summed E-state index contributed by atoms with van der Waals surface area (Å²) in [4.78, 5) is 2.35. The van der Waals surface area contributed by atoms with Crippen LogP contribution in [0.2, 0.25) is 0 Å². The Hall–Kier alpha value is -0.170. The van der Waals surface area contributed by atoms with E-state index in [2.05, 4.69) is 14.9 Å². The van der Waals surface area contributed by atoms with Crippen LogP contribution < -0.4 is 10.0 Å². The molecule has 1 heterocycles. The third-order valence-electron chi connectivity index (χ3n) is 3.80. The second kappa shape index (κ2) is 7.57. The minimum absolute atomic E-state index is 0.243. The molecule has 112 valence electrons. The lowest BCUT2D eigenvalue weighted by Gasteiger charge is -2.26. The van der Waals surface area contributed by atoms with Gasteiger partial charge in [-0.1, -0.05) is 6.42 Å². The van der Waals surface area contributed by atoms with Crippen LogP contribution >= 0.6 is 0 Å². The molecule has 0 bridgehead atoms. The smallest absolute Gasteiger partial charge is 0.211 e. The number of sulfonamides is 1. The molecule has 5 nitrogen and oxygen atoms in total. The van der Waals surface area contributed by atoms with Crippen molar-refractivity contribution in [2.45, 2.75) is 44.6 Å². The topological polar surface area (TPSA) is 61.4 Å². The Kier molecular flexibility index (Phi) is 6.06. The van der Waals surface area contributed by atoms with Crippen LogP contribution in [0.4, 0.5) is 0 Å². The van der Waals surface area contributed by atoms with Gasteiger partial charge < -0.3 is 10.2 Å². The Morgan fingerprint density at radius 1 is 1.05 bits per heavy atom. The van der Waals surface area contributed by atoms with Crippen LogP contribution in [0.5, 0.6) is 0 Å². The van der Waals surface area contributed by atoms with Crippen LogP contribution in [0, 0.1) is 0 Å². The van der Waals surface area contributed by atoms with Gasteiger partial charge in [-0.3, -0.25) is 0 Å². The van der Waals surface area contributed by atoms with E-state index in [0.29, 0.717) is 19.0 Å². The lowest BCUT2D eigenvalue weighted by Crippen LogP contribution is -2.38. The second-order valence-electron chi connectivity index (χ2n) is 5.70. The summed E-state index contributed by atoms with van der Waals surface area (Å²) in [5, 5.41) is 3.34. The quantitative estimate of drug-likeness (QED) is 0.608. The number of nitrogens with one attached hydrogen (secondary N) is 2. The monoisotopic (exact) mass is 289 g/mol. The van der Waals surface area contributed by atoms with E-state index in [-0.39, 0.29) is 5.75 Å². The van der Waals surface area contributed by atoms with Crippen molar-refractivity contribution >= 4 is 10.0 Å². The van der Waals surface area contributed by atoms with E-state index in [4.69, 9.17) is 0 Å². The van der Waals surface area contributed by atoms with Crippen molar-refractivity contribution < 1.29 is 8.42 Å². The highest BCUT2D eigenvalue weighted by molar-refractivity contribution is 7.89. The zero-order valence-electron chi connectivity index (χ0n) is 11.7. The summed E-state index contributed by atoms with van der Waals surface area (Å²) < 4.78 is 26.3. The van der Waals surface area contributed by atoms with Crippen molar-refractivity contribution in [3.8, 4) is 0 Å². The molecule has 0 unspecified atom stereocenters. The first kappa shape index (κ1) is 15.2. The van der Waals surface area contributed by atoms with Crippen LogP contribution in [-0.2, 0) is 10.0 Å². The average molecular weight is 289 g/mol. The zero-order chi connectivity index (χ0) is 13.6. The summed E-state index contributed by atoms with van der Waals surface area (Å²) in [5.74, 6) is 0.243. The van der Waals surface area contributed by atoms with Gasteiger partial charge in [0.05, 0.1) is 5.75 Å². The van der Waals surface area contributed by atoms with Gasteiger partial charge >= 0.3 is 0 Å². The van der Waals surface area contributed by atoms with Gasteiger partial charge in [0.1, 0.15) is 0 Å². The van der Waals surface area contributed by atoms with Crippen molar-refractivity contribution in [1.29, 1.82) is 0 Å². The molecule has 6 heteroatoms. The highest BCUT2D eigenvalue weighted by atomic mass is 32.2. The fourth-order valence-corrected chi connectivity index (χ4v) is 3.54. The summed E-state index contributed by atoms with van der Waals surface area (Å²) >= 11 is 0. The van der Waals surface area contributed by atoms with E-state index >= 15 is 0 Å². The molecule has 0 atom stereocenters. The number of nitrogens with zero attached hydrogens (tertiary/aromatic N) is 1. The molecule has 0 aromatic rings. The fraction of sp³-hybridized carbons (Fsp3) is 1.00. The molecule has 1 saturated heterocycles. The first-order valence-corrected chi connectivity index (χ1v) is 9.24. The Morgan fingerprint density at radius 2 is 1.79 bits per heavy atom. The van der Waals surface area contributed by atoms with Crippen molar-refractivity contribution in [3.05, 3.63) is 0 Å².